The number of phenols is 1. The topological polar surface area (TPSA) is 62.2 Å². The molecule has 1 aromatic heterocycles. The third-order valence-corrected chi connectivity index (χ3v) is 3.30. The first-order valence-electron chi connectivity index (χ1n) is 6.71. The summed E-state index contributed by atoms with van der Waals surface area (Å²) in [6.45, 7) is 1.76. The molecular formula is C17H13FN2O2. The Kier molecular flexibility index (Phi) is 3.47. The molecule has 2 aromatic carbocycles. The summed E-state index contributed by atoms with van der Waals surface area (Å²) in [5, 5.41) is 12.8. The summed E-state index contributed by atoms with van der Waals surface area (Å²) >= 11 is 0. The molecule has 3 rings (SSSR count). The average molecular weight is 296 g/mol. The highest BCUT2D eigenvalue weighted by molar-refractivity contribution is 6.12. The van der Waals surface area contributed by atoms with Gasteiger partial charge in [-0.2, -0.15) is 0 Å². The second-order valence-corrected chi connectivity index (χ2v) is 4.94. The Morgan fingerprint density at radius 1 is 1.18 bits per heavy atom. The fraction of sp³-hybridized carbons (Fsp3) is 0.0588. The second kappa shape index (κ2) is 5.44. The highest BCUT2D eigenvalue weighted by Gasteiger charge is 2.14. The minimum absolute atomic E-state index is 0.0304. The maximum absolute atomic E-state index is 13.5. The molecule has 0 radical (unpaired) electrons. The van der Waals surface area contributed by atoms with Gasteiger partial charge in [0, 0.05) is 11.1 Å². The monoisotopic (exact) mass is 296 g/mol. The van der Waals surface area contributed by atoms with Crippen LogP contribution >= 0.6 is 0 Å². The first kappa shape index (κ1) is 14.0. The lowest BCUT2D eigenvalue weighted by Crippen LogP contribution is -2.13. The molecule has 0 spiro atoms. The number of pyridine rings is 1. The van der Waals surface area contributed by atoms with E-state index in [0.29, 0.717) is 27.8 Å². The van der Waals surface area contributed by atoms with Crippen molar-refractivity contribution in [1.82, 2.24) is 4.98 Å². The van der Waals surface area contributed by atoms with Gasteiger partial charge in [-0.15, -0.1) is 0 Å². The molecule has 0 unspecified atom stereocenters. The number of carbonyl (C=O) groups excluding carboxylic acids is 1. The normalized spacial score (nSPS) is 10.6. The van der Waals surface area contributed by atoms with E-state index < -0.39 is 11.7 Å². The standard InChI is InChI=1S/C17H13FN2O2/c1-10-8-13(12-9-11(18)6-7-14(12)19-10)17(22)20-15-4-2-3-5-16(15)21/h2-9,21H,1H3,(H,20,22). The van der Waals surface area contributed by atoms with Crippen molar-refractivity contribution >= 4 is 22.5 Å². The summed E-state index contributed by atoms with van der Waals surface area (Å²) in [5.41, 5.74) is 1.81. The number of amides is 1. The molecular weight excluding hydrogens is 283 g/mol. The Hall–Kier alpha value is -2.95. The second-order valence-electron chi connectivity index (χ2n) is 4.94. The molecule has 5 heteroatoms. The van der Waals surface area contributed by atoms with Crippen molar-refractivity contribution in [3.05, 3.63) is 65.6 Å². The maximum atomic E-state index is 13.5. The van der Waals surface area contributed by atoms with Gasteiger partial charge in [0.1, 0.15) is 11.6 Å². The van der Waals surface area contributed by atoms with Crippen molar-refractivity contribution in [3.63, 3.8) is 0 Å². The van der Waals surface area contributed by atoms with Gasteiger partial charge in [-0.3, -0.25) is 9.78 Å². The smallest absolute Gasteiger partial charge is 0.256 e. The Labute approximate surface area is 126 Å². The number of aromatic nitrogens is 1. The van der Waals surface area contributed by atoms with E-state index in [1.54, 1.807) is 31.2 Å². The molecule has 1 heterocycles. The molecule has 0 saturated carbocycles. The Morgan fingerprint density at radius 3 is 2.73 bits per heavy atom. The van der Waals surface area contributed by atoms with Gasteiger partial charge in [0.05, 0.1) is 16.8 Å². The van der Waals surface area contributed by atoms with Crippen molar-refractivity contribution in [2.75, 3.05) is 5.32 Å². The summed E-state index contributed by atoms with van der Waals surface area (Å²) < 4.78 is 13.5. The lowest BCUT2D eigenvalue weighted by atomic mass is 10.1. The number of phenolic OH excluding ortho intramolecular Hbond substituents is 1. The van der Waals surface area contributed by atoms with E-state index in [4.69, 9.17) is 0 Å². The van der Waals surface area contributed by atoms with Crippen LogP contribution in [-0.2, 0) is 0 Å². The zero-order valence-corrected chi connectivity index (χ0v) is 11.8. The lowest BCUT2D eigenvalue weighted by Gasteiger charge is -2.10. The van der Waals surface area contributed by atoms with Gasteiger partial charge in [-0.1, -0.05) is 12.1 Å². The number of hydrogen-bond donors (Lipinski definition) is 2. The number of benzene rings is 2. The molecule has 0 aliphatic carbocycles. The lowest BCUT2D eigenvalue weighted by molar-refractivity contribution is 0.102. The van der Waals surface area contributed by atoms with Crippen LogP contribution in [0.25, 0.3) is 10.9 Å². The number of hydrogen-bond acceptors (Lipinski definition) is 3. The van der Waals surface area contributed by atoms with Gasteiger partial charge < -0.3 is 10.4 Å². The van der Waals surface area contributed by atoms with Crippen molar-refractivity contribution in [2.24, 2.45) is 0 Å². The molecule has 0 aliphatic heterocycles. The molecule has 22 heavy (non-hydrogen) atoms. The number of aryl methyl sites for hydroxylation is 1. The zero-order chi connectivity index (χ0) is 15.7. The molecule has 4 nitrogen and oxygen atoms in total. The molecule has 0 saturated heterocycles. The largest absolute Gasteiger partial charge is 0.506 e. The van der Waals surface area contributed by atoms with Crippen LogP contribution in [-0.4, -0.2) is 16.0 Å². The molecule has 1 amide bonds. The maximum Gasteiger partial charge on any atom is 0.256 e. The predicted molar refractivity (Wildman–Crippen MR) is 82.5 cm³/mol. The minimum atomic E-state index is -0.435. The van der Waals surface area contributed by atoms with Crippen LogP contribution in [0.4, 0.5) is 10.1 Å². The number of nitrogens with one attached hydrogen (secondary N) is 1. The molecule has 110 valence electrons. The van der Waals surface area contributed by atoms with Crippen LogP contribution in [0.1, 0.15) is 16.1 Å². The van der Waals surface area contributed by atoms with E-state index in [9.17, 15) is 14.3 Å². The van der Waals surface area contributed by atoms with E-state index in [-0.39, 0.29) is 5.75 Å². The van der Waals surface area contributed by atoms with E-state index in [0.717, 1.165) is 0 Å². The fourth-order valence-corrected chi connectivity index (χ4v) is 2.29. The Balaban J connectivity index is 2.07. The third kappa shape index (κ3) is 2.61. The van der Waals surface area contributed by atoms with Gasteiger partial charge in [0.25, 0.3) is 5.91 Å². The zero-order valence-electron chi connectivity index (χ0n) is 11.8. The van der Waals surface area contributed by atoms with Crippen LogP contribution in [0.5, 0.6) is 5.75 Å². The van der Waals surface area contributed by atoms with Crippen LogP contribution < -0.4 is 5.32 Å². The van der Waals surface area contributed by atoms with Gasteiger partial charge in [-0.05, 0) is 43.3 Å². The number of aromatic hydroxyl groups is 1. The number of anilines is 1. The van der Waals surface area contributed by atoms with E-state index in [2.05, 4.69) is 10.3 Å². The molecule has 0 atom stereocenters. The Morgan fingerprint density at radius 2 is 1.95 bits per heavy atom. The first-order valence-corrected chi connectivity index (χ1v) is 6.71. The summed E-state index contributed by atoms with van der Waals surface area (Å²) in [6.07, 6.45) is 0. The van der Waals surface area contributed by atoms with Gasteiger partial charge in [-0.25, -0.2) is 4.39 Å². The fourth-order valence-electron chi connectivity index (χ4n) is 2.29. The predicted octanol–water partition coefficient (Wildman–Crippen LogP) is 3.64. The van der Waals surface area contributed by atoms with Crippen molar-refractivity contribution in [1.29, 1.82) is 0 Å². The van der Waals surface area contributed by atoms with Gasteiger partial charge >= 0.3 is 0 Å². The first-order chi connectivity index (χ1) is 10.5. The Bertz CT molecular complexity index is 878. The third-order valence-electron chi connectivity index (χ3n) is 3.30. The average Bonchev–Trinajstić information content (AvgIpc) is 2.49. The van der Waals surface area contributed by atoms with Crippen molar-refractivity contribution in [2.45, 2.75) is 6.92 Å². The van der Waals surface area contributed by atoms with Crippen LogP contribution in [0, 0.1) is 12.7 Å². The highest BCUT2D eigenvalue weighted by Crippen LogP contribution is 2.25. The van der Waals surface area contributed by atoms with Gasteiger partial charge in [0.15, 0.2) is 0 Å². The minimum Gasteiger partial charge on any atom is -0.506 e. The van der Waals surface area contributed by atoms with E-state index in [1.165, 1.54) is 24.3 Å². The number of halogens is 1. The summed E-state index contributed by atoms with van der Waals surface area (Å²) in [6, 6.07) is 12.1. The van der Waals surface area contributed by atoms with E-state index >= 15 is 0 Å². The number of fused-ring (bicyclic) bond motifs is 1. The molecule has 0 bridgehead atoms. The van der Waals surface area contributed by atoms with Crippen LogP contribution in [0.2, 0.25) is 0 Å². The number of rotatable bonds is 2. The molecule has 3 aromatic rings. The molecule has 2 N–H and O–H groups in total. The highest BCUT2D eigenvalue weighted by atomic mass is 19.1. The van der Waals surface area contributed by atoms with Crippen LogP contribution in [0.15, 0.2) is 48.5 Å². The van der Waals surface area contributed by atoms with Crippen molar-refractivity contribution in [3.8, 4) is 5.75 Å². The van der Waals surface area contributed by atoms with Gasteiger partial charge in [0.2, 0.25) is 0 Å². The summed E-state index contributed by atoms with van der Waals surface area (Å²) in [4.78, 5) is 16.8. The number of nitrogens with zero attached hydrogens (tertiary/aromatic N) is 1. The van der Waals surface area contributed by atoms with Crippen molar-refractivity contribution < 1.29 is 14.3 Å². The summed E-state index contributed by atoms with van der Waals surface area (Å²) in [7, 11) is 0. The quantitative estimate of drug-likeness (QED) is 0.710. The molecule has 0 fully saturated rings. The van der Waals surface area contributed by atoms with Crippen LogP contribution in [0.3, 0.4) is 0 Å². The SMILES string of the molecule is Cc1cc(C(=O)Nc2ccccc2O)c2cc(F)ccc2n1. The summed E-state index contributed by atoms with van der Waals surface area (Å²) in [5.74, 6) is -0.894. The van der Waals surface area contributed by atoms with E-state index in [1.807, 2.05) is 0 Å². The number of carbonyl (C=O) groups is 1. The number of para-hydroxylation sites is 2. The molecule has 0 aliphatic rings.